The zero-order chi connectivity index (χ0) is 12.3. The van der Waals surface area contributed by atoms with Crippen LogP contribution in [-0.4, -0.2) is 21.3 Å². The average molecular weight is 291 g/mol. The number of rotatable bonds is 3. The molecule has 0 aliphatic rings. The Morgan fingerprint density at radius 2 is 2.24 bits per heavy atom. The van der Waals surface area contributed by atoms with Gasteiger partial charge < -0.3 is 0 Å². The highest BCUT2D eigenvalue weighted by Gasteiger charge is 2.16. The van der Waals surface area contributed by atoms with E-state index in [0.29, 0.717) is 12.0 Å². The van der Waals surface area contributed by atoms with E-state index < -0.39 is 0 Å². The predicted molar refractivity (Wildman–Crippen MR) is 64.2 cm³/mol. The van der Waals surface area contributed by atoms with Crippen LogP contribution in [0.3, 0.4) is 0 Å². The maximum Gasteiger partial charge on any atom is 0.172 e. The number of hydrogen-bond donors (Lipinski definition) is 0. The standard InChI is InChI=1S/C11H7BrN4O/c12-9-4-2-1-3-8(9)11-10(7-17)14-15-16(11)6-5-13/h1-4,7H,6H2. The van der Waals surface area contributed by atoms with Gasteiger partial charge in [-0.3, -0.25) is 4.79 Å². The van der Waals surface area contributed by atoms with Gasteiger partial charge in [0.05, 0.1) is 6.07 Å². The Balaban J connectivity index is 2.65. The summed E-state index contributed by atoms with van der Waals surface area (Å²) < 4.78 is 2.23. The van der Waals surface area contributed by atoms with Crippen LogP contribution >= 0.6 is 15.9 Å². The molecule has 0 saturated heterocycles. The maximum absolute atomic E-state index is 10.9. The molecule has 6 heteroatoms. The summed E-state index contributed by atoms with van der Waals surface area (Å²) >= 11 is 3.40. The number of aldehydes is 1. The summed E-state index contributed by atoms with van der Waals surface area (Å²) in [6.45, 7) is 0.0531. The molecule has 0 aliphatic carbocycles. The van der Waals surface area contributed by atoms with E-state index >= 15 is 0 Å². The molecule has 1 heterocycles. The number of aromatic nitrogens is 3. The normalized spacial score (nSPS) is 9.88. The Morgan fingerprint density at radius 1 is 1.47 bits per heavy atom. The number of halogens is 1. The van der Waals surface area contributed by atoms with Crippen molar-refractivity contribution in [2.24, 2.45) is 0 Å². The molecule has 84 valence electrons. The Bertz CT molecular complexity index is 600. The molecule has 0 aliphatic heterocycles. The molecule has 0 unspecified atom stereocenters. The quantitative estimate of drug-likeness (QED) is 0.811. The predicted octanol–water partition coefficient (Wildman–Crippen LogP) is 2.04. The second-order valence-electron chi connectivity index (χ2n) is 3.24. The lowest BCUT2D eigenvalue weighted by atomic mass is 10.1. The molecule has 2 aromatic rings. The van der Waals surface area contributed by atoms with Crippen LogP contribution in [0.4, 0.5) is 0 Å². The zero-order valence-electron chi connectivity index (χ0n) is 8.67. The fourth-order valence-electron chi connectivity index (χ4n) is 1.51. The zero-order valence-corrected chi connectivity index (χ0v) is 10.3. The largest absolute Gasteiger partial charge is 0.296 e. The number of carbonyl (C=O) groups is 1. The van der Waals surface area contributed by atoms with Gasteiger partial charge in [-0.1, -0.05) is 39.3 Å². The van der Waals surface area contributed by atoms with Crippen molar-refractivity contribution in [3.8, 4) is 17.3 Å². The topological polar surface area (TPSA) is 71.6 Å². The molecule has 2 rings (SSSR count). The van der Waals surface area contributed by atoms with Gasteiger partial charge in [-0.2, -0.15) is 5.26 Å². The molecule has 0 fully saturated rings. The first-order valence-corrected chi connectivity index (χ1v) is 5.57. The summed E-state index contributed by atoms with van der Waals surface area (Å²) in [6, 6.07) is 9.39. The van der Waals surface area contributed by atoms with Crippen molar-refractivity contribution in [1.29, 1.82) is 5.26 Å². The third-order valence-corrected chi connectivity index (χ3v) is 2.91. The van der Waals surface area contributed by atoms with E-state index in [1.54, 1.807) is 0 Å². The third kappa shape index (κ3) is 2.10. The van der Waals surface area contributed by atoms with E-state index in [2.05, 4.69) is 26.2 Å². The Morgan fingerprint density at radius 3 is 2.88 bits per heavy atom. The van der Waals surface area contributed by atoms with Gasteiger partial charge in [0.1, 0.15) is 12.2 Å². The Hall–Kier alpha value is -2.00. The maximum atomic E-state index is 10.9. The molecule has 0 atom stereocenters. The molecule has 17 heavy (non-hydrogen) atoms. The lowest BCUT2D eigenvalue weighted by Crippen LogP contribution is -2.01. The number of carbonyl (C=O) groups excluding carboxylic acids is 1. The van der Waals surface area contributed by atoms with E-state index in [4.69, 9.17) is 5.26 Å². The molecular formula is C11H7BrN4O. The first kappa shape index (κ1) is 11.5. The second-order valence-corrected chi connectivity index (χ2v) is 4.09. The first-order chi connectivity index (χ1) is 8.27. The third-order valence-electron chi connectivity index (χ3n) is 2.22. The van der Waals surface area contributed by atoms with E-state index in [1.165, 1.54) is 4.68 Å². The highest BCUT2D eigenvalue weighted by molar-refractivity contribution is 9.10. The van der Waals surface area contributed by atoms with Crippen LogP contribution in [0.2, 0.25) is 0 Å². The van der Waals surface area contributed by atoms with Crippen molar-refractivity contribution >= 4 is 22.2 Å². The summed E-state index contributed by atoms with van der Waals surface area (Å²) in [4.78, 5) is 10.9. The van der Waals surface area contributed by atoms with Gasteiger partial charge in [0.25, 0.3) is 0 Å². The molecular weight excluding hydrogens is 284 g/mol. The molecule has 0 radical (unpaired) electrons. The SMILES string of the molecule is N#CCn1nnc(C=O)c1-c1ccccc1Br. The minimum absolute atomic E-state index is 0.0531. The Labute approximate surface area is 106 Å². The summed E-state index contributed by atoms with van der Waals surface area (Å²) in [5.74, 6) is 0. The van der Waals surface area contributed by atoms with Gasteiger partial charge in [0.15, 0.2) is 12.0 Å². The highest BCUT2D eigenvalue weighted by atomic mass is 79.9. The monoisotopic (exact) mass is 290 g/mol. The van der Waals surface area contributed by atoms with E-state index in [0.717, 1.165) is 10.0 Å². The van der Waals surface area contributed by atoms with Gasteiger partial charge >= 0.3 is 0 Å². The molecule has 5 nitrogen and oxygen atoms in total. The number of nitrogens with zero attached hydrogens (tertiary/aromatic N) is 4. The summed E-state index contributed by atoms with van der Waals surface area (Å²) in [6.07, 6.45) is 0.635. The van der Waals surface area contributed by atoms with Gasteiger partial charge in [-0.15, -0.1) is 5.10 Å². The Kier molecular flexibility index (Phi) is 3.30. The smallest absolute Gasteiger partial charge is 0.172 e. The van der Waals surface area contributed by atoms with Crippen LogP contribution in [0.25, 0.3) is 11.3 Å². The van der Waals surface area contributed by atoms with Crippen molar-refractivity contribution in [3.05, 3.63) is 34.4 Å². The van der Waals surface area contributed by atoms with E-state index in [1.807, 2.05) is 30.3 Å². The molecule has 0 N–H and O–H groups in total. The lowest BCUT2D eigenvalue weighted by Gasteiger charge is -2.05. The summed E-state index contributed by atoms with van der Waals surface area (Å²) in [5, 5.41) is 16.2. The fourth-order valence-corrected chi connectivity index (χ4v) is 1.99. The van der Waals surface area contributed by atoms with Gasteiger partial charge in [0, 0.05) is 10.0 Å². The van der Waals surface area contributed by atoms with Crippen molar-refractivity contribution in [1.82, 2.24) is 15.0 Å². The van der Waals surface area contributed by atoms with Gasteiger partial charge in [0.2, 0.25) is 0 Å². The molecule has 0 bridgehead atoms. The molecule has 0 amide bonds. The first-order valence-electron chi connectivity index (χ1n) is 4.78. The van der Waals surface area contributed by atoms with E-state index in [-0.39, 0.29) is 12.2 Å². The van der Waals surface area contributed by atoms with Crippen molar-refractivity contribution in [3.63, 3.8) is 0 Å². The van der Waals surface area contributed by atoms with Gasteiger partial charge in [-0.05, 0) is 6.07 Å². The second kappa shape index (κ2) is 4.89. The summed E-state index contributed by atoms with van der Waals surface area (Å²) in [5.41, 5.74) is 1.57. The van der Waals surface area contributed by atoms with Gasteiger partial charge in [-0.25, -0.2) is 4.68 Å². The van der Waals surface area contributed by atoms with Crippen molar-refractivity contribution < 1.29 is 4.79 Å². The van der Waals surface area contributed by atoms with Crippen LogP contribution < -0.4 is 0 Å². The lowest BCUT2D eigenvalue weighted by molar-refractivity contribution is 0.111. The number of hydrogen-bond acceptors (Lipinski definition) is 4. The minimum Gasteiger partial charge on any atom is -0.296 e. The molecule has 0 spiro atoms. The van der Waals surface area contributed by atoms with Crippen LogP contribution in [0.1, 0.15) is 10.5 Å². The fraction of sp³-hybridized carbons (Fsp3) is 0.0909. The van der Waals surface area contributed by atoms with E-state index in [9.17, 15) is 4.79 Å². The number of nitriles is 1. The number of benzene rings is 1. The molecule has 1 aromatic heterocycles. The van der Waals surface area contributed by atoms with Crippen molar-refractivity contribution in [2.75, 3.05) is 0 Å². The summed E-state index contributed by atoms with van der Waals surface area (Å²) in [7, 11) is 0. The highest BCUT2D eigenvalue weighted by Crippen LogP contribution is 2.28. The average Bonchev–Trinajstić information content (AvgIpc) is 2.73. The van der Waals surface area contributed by atoms with Crippen LogP contribution in [0, 0.1) is 11.3 Å². The van der Waals surface area contributed by atoms with Crippen LogP contribution in [0.15, 0.2) is 28.7 Å². The molecule has 1 aromatic carbocycles. The van der Waals surface area contributed by atoms with Crippen LogP contribution in [-0.2, 0) is 6.54 Å². The van der Waals surface area contributed by atoms with Crippen molar-refractivity contribution in [2.45, 2.75) is 6.54 Å². The molecule has 0 saturated carbocycles. The van der Waals surface area contributed by atoms with Crippen LogP contribution in [0.5, 0.6) is 0 Å². The minimum atomic E-state index is 0.0531.